The summed E-state index contributed by atoms with van der Waals surface area (Å²) in [7, 11) is 0. The fraction of sp³-hybridized carbons (Fsp3) is 0.643. The van der Waals surface area contributed by atoms with Crippen LogP contribution >= 0.6 is 11.6 Å². The van der Waals surface area contributed by atoms with Crippen LogP contribution in [0.3, 0.4) is 0 Å². The second-order valence-corrected chi connectivity index (χ2v) is 5.89. The second kappa shape index (κ2) is 6.47. The summed E-state index contributed by atoms with van der Waals surface area (Å²) < 4.78 is 4.08. The van der Waals surface area contributed by atoms with Crippen LogP contribution in [-0.4, -0.2) is 25.2 Å². The minimum Gasteiger partial charge on any atom is -0.370 e. The monoisotopic (exact) mass is 311 g/mol. The average molecular weight is 312 g/mol. The molecule has 2 aromatic heterocycles. The summed E-state index contributed by atoms with van der Waals surface area (Å²) >= 11 is 6.26. The number of carbonyl (C=O) groups is 1. The van der Waals surface area contributed by atoms with E-state index in [2.05, 4.69) is 21.6 Å². The van der Waals surface area contributed by atoms with Gasteiger partial charge in [0.2, 0.25) is 5.91 Å². The molecule has 1 atom stereocenters. The Bertz CT molecular complexity index is 643. The number of aromatic nitrogens is 4. The number of nitrogens with two attached hydrogens (primary N) is 1. The highest BCUT2D eigenvalue weighted by Gasteiger charge is 2.20. The van der Waals surface area contributed by atoms with Crippen LogP contribution in [0.1, 0.15) is 50.0 Å². The average Bonchev–Trinajstić information content (AvgIpc) is 2.93. The van der Waals surface area contributed by atoms with Crippen LogP contribution in [0.4, 0.5) is 0 Å². The van der Waals surface area contributed by atoms with Gasteiger partial charge in [-0.3, -0.25) is 4.79 Å². The molecule has 2 N–H and O–H groups in total. The van der Waals surface area contributed by atoms with E-state index < -0.39 is 0 Å². The summed E-state index contributed by atoms with van der Waals surface area (Å²) in [5, 5.41) is 4.33. The quantitative estimate of drug-likeness (QED) is 0.630. The highest BCUT2D eigenvalue weighted by atomic mass is 35.5. The Morgan fingerprint density at radius 1 is 1.43 bits per heavy atom. The Morgan fingerprint density at radius 2 is 2.14 bits per heavy atom. The number of carbonyl (C=O) groups excluding carboxylic acids is 1. The van der Waals surface area contributed by atoms with Gasteiger partial charge in [-0.1, -0.05) is 0 Å². The maximum absolute atomic E-state index is 10.8. The highest BCUT2D eigenvalue weighted by Crippen LogP contribution is 2.27. The van der Waals surface area contributed by atoms with E-state index in [4.69, 9.17) is 17.3 Å². The van der Waals surface area contributed by atoms with Crippen molar-refractivity contribution in [1.29, 1.82) is 0 Å². The lowest BCUT2D eigenvalue weighted by Crippen LogP contribution is -2.12. The first-order valence-corrected chi connectivity index (χ1v) is 7.75. The Hall–Kier alpha value is -1.56. The number of hydrogen-bond donors (Lipinski definition) is 1. The van der Waals surface area contributed by atoms with E-state index in [-0.39, 0.29) is 11.3 Å². The van der Waals surface area contributed by atoms with Crippen LogP contribution in [0.15, 0.2) is 0 Å². The smallest absolute Gasteiger partial charge is 0.217 e. The standard InChI is InChI=1S/C14H22ClN5O/c1-4-20-14-12(10(3)18-20)17-13(9(2)15)19(14)8-6-5-7-11(16)21/h9H,4-8H2,1-3H3,(H2,16,21). The number of fused-ring (bicyclic) bond motifs is 1. The Kier molecular flexibility index (Phi) is 4.88. The van der Waals surface area contributed by atoms with Gasteiger partial charge in [0.1, 0.15) is 11.3 Å². The second-order valence-electron chi connectivity index (χ2n) is 5.23. The van der Waals surface area contributed by atoms with Crippen LogP contribution in [0.5, 0.6) is 0 Å². The van der Waals surface area contributed by atoms with Crippen LogP contribution in [0.25, 0.3) is 11.2 Å². The number of unbranched alkanes of at least 4 members (excludes halogenated alkanes) is 1. The van der Waals surface area contributed by atoms with Gasteiger partial charge in [-0.2, -0.15) is 5.10 Å². The fourth-order valence-corrected chi connectivity index (χ4v) is 2.72. The van der Waals surface area contributed by atoms with E-state index in [1.165, 1.54) is 0 Å². The zero-order valence-electron chi connectivity index (χ0n) is 12.8. The molecule has 2 rings (SSSR count). The molecule has 0 fully saturated rings. The van der Waals surface area contributed by atoms with Crippen molar-refractivity contribution in [3.05, 3.63) is 11.5 Å². The Labute approximate surface area is 129 Å². The largest absolute Gasteiger partial charge is 0.370 e. The molecule has 0 aliphatic rings. The molecule has 116 valence electrons. The summed E-state index contributed by atoms with van der Waals surface area (Å²) in [4.78, 5) is 15.5. The van der Waals surface area contributed by atoms with Gasteiger partial charge < -0.3 is 10.3 Å². The van der Waals surface area contributed by atoms with Gasteiger partial charge in [0, 0.05) is 19.5 Å². The number of halogens is 1. The Morgan fingerprint density at radius 3 is 2.71 bits per heavy atom. The summed E-state index contributed by atoms with van der Waals surface area (Å²) in [6.07, 6.45) is 2.04. The van der Waals surface area contributed by atoms with Gasteiger partial charge in [-0.25, -0.2) is 9.67 Å². The van der Waals surface area contributed by atoms with Gasteiger partial charge >= 0.3 is 0 Å². The first-order chi connectivity index (χ1) is 9.95. The molecule has 2 heterocycles. The van der Waals surface area contributed by atoms with Crippen LogP contribution in [-0.2, 0) is 17.9 Å². The van der Waals surface area contributed by atoms with Crippen molar-refractivity contribution in [2.75, 3.05) is 0 Å². The van der Waals surface area contributed by atoms with Gasteiger partial charge in [0.25, 0.3) is 0 Å². The summed E-state index contributed by atoms with van der Waals surface area (Å²) in [6, 6.07) is 0. The molecule has 21 heavy (non-hydrogen) atoms. The number of amides is 1. The first-order valence-electron chi connectivity index (χ1n) is 7.31. The third-order valence-electron chi connectivity index (χ3n) is 3.54. The lowest BCUT2D eigenvalue weighted by molar-refractivity contribution is -0.118. The molecule has 1 amide bonds. The SMILES string of the molecule is CCn1nc(C)c2nc(C(C)Cl)n(CCCCC(N)=O)c21. The predicted molar refractivity (Wildman–Crippen MR) is 83.2 cm³/mol. The molecule has 0 bridgehead atoms. The maximum atomic E-state index is 10.8. The van der Waals surface area contributed by atoms with Crippen LogP contribution < -0.4 is 5.73 Å². The lowest BCUT2D eigenvalue weighted by Gasteiger charge is -2.11. The van der Waals surface area contributed by atoms with Gasteiger partial charge in [-0.15, -0.1) is 11.6 Å². The topological polar surface area (TPSA) is 78.7 Å². The molecule has 0 radical (unpaired) electrons. The number of primary amides is 1. The molecular weight excluding hydrogens is 290 g/mol. The summed E-state index contributed by atoms with van der Waals surface area (Å²) in [6.45, 7) is 7.48. The molecule has 0 aliphatic carbocycles. The molecule has 0 spiro atoms. The molecule has 0 aliphatic heterocycles. The molecule has 0 aromatic carbocycles. The van der Waals surface area contributed by atoms with E-state index in [0.717, 1.165) is 48.6 Å². The number of hydrogen-bond acceptors (Lipinski definition) is 3. The number of aryl methyl sites for hydroxylation is 3. The minimum atomic E-state index is -0.258. The zero-order valence-corrected chi connectivity index (χ0v) is 13.5. The van der Waals surface area contributed by atoms with E-state index in [1.807, 2.05) is 18.5 Å². The minimum absolute atomic E-state index is 0.168. The van der Waals surface area contributed by atoms with Crippen molar-refractivity contribution in [3.63, 3.8) is 0 Å². The number of alkyl halides is 1. The molecular formula is C14H22ClN5O. The van der Waals surface area contributed by atoms with Crippen molar-refractivity contribution < 1.29 is 4.79 Å². The molecule has 1 unspecified atom stereocenters. The van der Waals surface area contributed by atoms with E-state index >= 15 is 0 Å². The van der Waals surface area contributed by atoms with Crippen LogP contribution in [0, 0.1) is 6.92 Å². The molecule has 2 aromatic rings. The van der Waals surface area contributed by atoms with Crippen molar-refractivity contribution in [2.24, 2.45) is 5.73 Å². The van der Waals surface area contributed by atoms with Crippen molar-refractivity contribution in [3.8, 4) is 0 Å². The number of rotatable bonds is 7. The summed E-state index contributed by atoms with van der Waals surface area (Å²) in [5.41, 5.74) is 8.02. The lowest BCUT2D eigenvalue weighted by atomic mass is 10.2. The molecule has 0 saturated heterocycles. The third kappa shape index (κ3) is 3.20. The van der Waals surface area contributed by atoms with Gasteiger partial charge in [-0.05, 0) is 33.6 Å². The number of nitrogens with zero attached hydrogens (tertiary/aromatic N) is 4. The van der Waals surface area contributed by atoms with Crippen LogP contribution in [0.2, 0.25) is 0 Å². The third-order valence-corrected chi connectivity index (χ3v) is 3.73. The van der Waals surface area contributed by atoms with E-state index in [0.29, 0.717) is 6.42 Å². The molecule has 6 nitrogen and oxygen atoms in total. The fourth-order valence-electron chi connectivity index (χ4n) is 2.56. The van der Waals surface area contributed by atoms with Crippen molar-refractivity contribution in [1.82, 2.24) is 19.3 Å². The van der Waals surface area contributed by atoms with Crippen molar-refractivity contribution >= 4 is 28.7 Å². The van der Waals surface area contributed by atoms with Gasteiger partial charge in [0.05, 0.1) is 11.1 Å². The predicted octanol–water partition coefficient (Wildman–Crippen LogP) is 2.52. The Balaban J connectivity index is 2.33. The highest BCUT2D eigenvalue weighted by molar-refractivity contribution is 6.20. The summed E-state index contributed by atoms with van der Waals surface area (Å²) in [5.74, 6) is 0.597. The molecule has 0 saturated carbocycles. The van der Waals surface area contributed by atoms with E-state index in [1.54, 1.807) is 0 Å². The first kappa shape index (κ1) is 15.8. The van der Waals surface area contributed by atoms with E-state index in [9.17, 15) is 4.79 Å². The van der Waals surface area contributed by atoms with Crippen molar-refractivity contribution in [2.45, 2.75) is 58.5 Å². The van der Waals surface area contributed by atoms with Gasteiger partial charge in [0.15, 0.2) is 5.65 Å². The normalized spacial score (nSPS) is 13.0. The zero-order chi connectivity index (χ0) is 15.6. The molecule has 7 heteroatoms. The number of imidazole rings is 1. The maximum Gasteiger partial charge on any atom is 0.217 e.